The molecule has 0 fully saturated rings. The number of para-hydroxylation sites is 1. The van der Waals surface area contributed by atoms with Gasteiger partial charge in [0.1, 0.15) is 5.75 Å². The average molecular weight is 237 g/mol. The lowest BCUT2D eigenvalue weighted by Crippen LogP contribution is -1.97. The number of phosphoric ester groups is 1. The largest absolute Gasteiger partial charge is 0.529 e. The van der Waals surface area contributed by atoms with E-state index in [1.165, 1.54) is 14.2 Å². The molecule has 0 atom stereocenters. The third-order valence-corrected chi connectivity index (χ3v) is 3.12. The average Bonchev–Trinajstić information content (AvgIpc) is 2.21. The Morgan fingerprint density at radius 1 is 1.21 bits per heavy atom. The highest BCUT2D eigenvalue weighted by atomic mass is 35.5. The first kappa shape index (κ1) is 11.5. The molecular weight excluding hydrogens is 227 g/mol. The number of hydrogen-bond donors (Lipinski definition) is 0. The van der Waals surface area contributed by atoms with Gasteiger partial charge in [0.15, 0.2) is 0 Å². The summed E-state index contributed by atoms with van der Waals surface area (Å²) in [6, 6.07) is 6.64. The van der Waals surface area contributed by atoms with Crippen LogP contribution < -0.4 is 4.52 Å². The van der Waals surface area contributed by atoms with Gasteiger partial charge in [-0.3, -0.25) is 9.05 Å². The molecule has 1 aromatic carbocycles. The molecule has 6 heteroatoms. The molecule has 0 aliphatic carbocycles. The zero-order chi connectivity index (χ0) is 10.6. The van der Waals surface area contributed by atoms with Crippen LogP contribution in [0.3, 0.4) is 0 Å². The Labute approximate surface area is 87.4 Å². The zero-order valence-electron chi connectivity index (χ0n) is 7.77. The summed E-state index contributed by atoms with van der Waals surface area (Å²) >= 11 is 5.79. The molecule has 0 bridgehead atoms. The van der Waals surface area contributed by atoms with Gasteiger partial charge < -0.3 is 4.52 Å². The van der Waals surface area contributed by atoms with Gasteiger partial charge in [-0.15, -0.1) is 0 Å². The van der Waals surface area contributed by atoms with Gasteiger partial charge in [-0.2, -0.15) is 0 Å². The van der Waals surface area contributed by atoms with Crippen molar-refractivity contribution in [2.45, 2.75) is 0 Å². The smallest absolute Gasteiger partial charge is 0.402 e. The molecular formula is C8H10ClO4P. The Kier molecular flexibility index (Phi) is 3.96. The quantitative estimate of drug-likeness (QED) is 0.754. The maximum absolute atomic E-state index is 11.5. The van der Waals surface area contributed by atoms with Crippen molar-refractivity contribution in [1.29, 1.82) is 0 Å². The second kappa shape index (κ2) is 4.80. The van der Waals surface area contributed by atoms with Gasteiger partial charge in [0.25, 0.3) is 0 Å². The second-order valence-electron chi connectivity index (χ2n) is 2.33. The fraction of sp³-hybridized carbons (Fsp3) is 0.250. The molecule has 1 rings (SSSR count). The summed E-state index contributed by atoms with van der Waals surface area (Å²) in [7, 11) is -1.04. The Hall–Kier alpha value is -0.540. The lowest BCUT2D eigenvalue weighted by Gasteiger charge is -2.14. The topological polar surface area (TPSA) is 44.8 Å². The molecule has 0 aliphatic rings. The van der Waals surface area contributed by atoms with Gasteiger partial charge in [-0.05, 0) is 12.1 Å². The third kappa shape index (κ3) is 2.72. The molecule has 78 valence electrons. The maximum atomic E-state index is 11.5. The Morgan fingerprint density at radius 3 is 2.29 bits per heavy atom. The maximum Gasteiger partial charge on any atom is 0.529 e. The van der Waals surface area contributed by atoms with E-state index in [1.807, 2.05) is 0 Å². The Morgan fingerprint density at radius 2 is 1.79 bits per heavy atom. The van der Waals surface area contributed by atoms with Crippen molar-refractivity contribution in [3.8, 4) is 5.75 Å². The number of hydrogen-bond acceptors (Lipinski definition) is 4. The van der Waals surface area contributed by atoms with Crippen LogP contribution in [0, 0.1) is 0 Å². The van der Waals surface area contributed by atoms with Crippen LogP contribution in [0.1, 0.15) is 0 Å². The number of benzene rings is 1. The first-order chi connectivity index (χ1) is 6.61. The van der Waals surface area contributed by atoms with E-state index < -0.39 is 7.82 Å². The lowest BCUT2D eigenvalue weighted by atomic mass is 10.3. The predicted octanol–water partition coefficient (Wildman–Crippen LogP) is 3.12. The van der Waals surface area contributed by atoms with E-state index in [0.29, 0.717) is 5.02 Å². The summed E-state index contributed by atoms with van der Waals surface area (Å²) < 4.78 is 25.8. The molecule has 0 amide bonds. The molecule has 0 radical (unpaired) electrons. The van der Waals surface area contributed by atoms with Crippen LogP contribution in [0.25, 0.3) is 0 Å². The van der Waals surface area contributed by atoms with Crippen LogP contribution in [-0.4, -0.2) is 14.2 Å². The third-order valence-electron chi connectivity index (χ3n) is 1.49. The van der Waals surface area contributed by atoms with Gasteiger partial charge in [-0.25, -0.2) is 4.57 Å². The normalized spacial score (nSPS) is 11.4. The van der Waals surface area contributed by atoms with Crippen molar-refractivity contribution in [2.24, 2.45) is 0 Å². The van der Waals surface area contributed by atoms with Crippen molar-refractivity contribution in [3.05, 3.63) is 29.3 Å². The minimum absolute atomic E-state index is 0.265. The van der Waals surface area contributed by atoms with Crippen LogP contribution in [0.15, 0.2) is 24.3 Å². The molecule has 0 heterocycles. The predicted molar refractivity (Wildman–Crippen MR) is 53.7 cm³/mol. The number of rotatable bonds is 4. The molecule has 0 aliphatic heterocycles. The van der Waals surface area contributed by atoms with E-state index in [1.54, 1.807) is 24.3 Å². The van der Waals surface area contributed by atoms with Crippen molar-refractivity contribution < 1.29 is 18.1 Å². The summed E-state index contributed by atoms with van der Waals surface area (Å²) in [5, 5.41) is 0.349. The summed E-state index contributed by atoms with van der Waals surface area (Å²) in [5.41, 5.74) is 0. The molecule has 14 heavy (non-hydrogen) atoms. The summed E-state index contributed by atoms with van der Waals surface area (Å²) in [4.78, 5) is 0. The monoisotopic (exact) mass is 236 g/mol. The molecule has 0 aromatic heterocycles. The molecule has 4 nitrogen and oxygen atoms in total. The highest BCUT2D eigenvalue weighted by Gasteiger charge is 2.25. The van der Waals surface area contributed by atoms with Gasteiger partial charge in [-0.1, -0.05) is 23.7 Å². The van der Waals surface area contributed by atoms with E-state index in [9.17, 15) is 4.57 Å². The standard InChI is InChI=1S/C8H10ClO4P/c1-11-14(10,12-2)13-8-6-4-3-5-7(8)9/h3-6H,1-2H3. The van der Waals surface area contributed by atoms with Gasteiger partial charge in [0.2, 0.25) is 0 Å². The van der Waals surface area contributed by atoms with Crippen molar-refractivity contribution in [1.82, 2.24) is 0 Å². The van der Waals surface area contributed by atoms with E-state index >= 15 is 0 Å². The molecule has 0 unspecified atom stereocenters. The molecule has 1 aromatic rings. The zero-order valence-corrected chi connectivity index (χ0v) is 9.42. The van der Waals surface area contributed by atoms with Crippen LogP contribution in [0.5, 0.6) is 5.75 Å². The summed E-state index contributed by atoms with van der Waals surface area (Å²) in [6.07, 6.45) is 0. The van der Waals surface area contributed by atoms with Crippen LogP contribution in [0.4, 0.5) is 0 Å². The van der Waals surface area contributed by atoms with Crippen LogP contribution in [-0.2, 0) is 13.6 Å². The second-order valence-corrected chi connectivity index (χ2v) is 4.55. The van der Waals surface area contributed by atoms with Crippen molar-refractivity contribution >= 4 is 19.4 Å². The van der Waals surface area contributed by atoms with Gasteiger partial charge in [0, 0.05) is 14.2 Å². The highest BCUT2D eigenvalue weighted by Crippen LogP contribution is 2.49. The highest BCUT2D eigenvalue weighted by molar-refractivity contribution is 7.48. The van der Waals surface area contributed by atoms with Gasteiger partial charge in [0.05, 0.1) is 5.02 Å². The van der Waals surface area contributed by atoms with Gasteiger partial charge >= 0.3 is 7.82 Å². The first-order valence-electron chi connectivity index (χ1n) is 3.77. The molecule has 0 saturated carbocycles. The van der Waals surface area contributed by atoms with E-state index in [0.717, 1.165) is 0 Å². The van der Waals surface area contributed by atoms with E-state index in [4.69, 9.17) is 16.1 Å². The summed E-state index contributed by atoms with van der Waals surface area (Å²) in [5.74, 6) is 0.265. The first-order valence-corrected chi connectivity index (χ1v) is 5.61. The van der Waals surface area contributed by atoms with E-state index in [-0.39, 0.29) is 5.75 Å². The molecule has 0 N–H and O–H groups in total. The molecule has 0 saturated heterocycles. The number of halogens is 1. The fourth-order valence-corrected chi connectivity index (χ4v) is 1.71. The number of phosphoric acid groups is 1. The van der Waals surface area contributed by atoms with Crippen LogP contribution >= 0.6 is 19.4 Å². The fourth-order valence-electron chi connectivity index (χ4n) is 0.788. The van der Waals surface area contributed by atoms with E-state index in [2.05, 4.69) is 9.05 Å². The minimum atomic E-state index is -3.51. The minimum Gasteiger partial charge on any atom is -0.402 e. The Bertz CT molecular complexity index is 347. The molecule has 0 spiro atoms. The van der Waals surface area contributed by atoms with Crippen molar-refractivity contribution in [3.63, 3.8) is 0 Å². The van der Waals surface area contributed by atoms with Crippen molar-refractivity contribution in [2.75, 3.05) is 14.2 Å². The Balaban J connectivity index is 2.88. The van der Waals surface area contributed by atoms with Crippen LogP contribution in [0.2, 0.25) is 5.02 Å². The summed E-state index contributed by atoms with van der Waals surface area (Å²) in [6.45, 7) is 0. The lowest BCUT2D eigenvalue weighted by molar-refractivity contribution is 0.211. The SMILES string of the molecule is COP(=O)(OC)Oc1ccccc1Cl.